The van der Waals surface area contributed by atoms with Gasteiger partial charge in [-0.15, -0.1) is 0 Å². The quantitative estimate of drug-likeness (QED) is 0.889. The Labute approximate surface area is 125 Å². The van der Waals surface area contributed by atoms with Gasteiger partial charge in [-0.25, -0.2) is 0 Å². The molecular weight excluding hydrogens is 268 g/mol. The molecule has 0 aromatic heterocycles. The molecule has 0 unspecified atom stereocenters. The third-order valence-corrected chi connectivity index (χ3v) is 3.92. The van der Waals surface area contributed by atoms with Gasteiger partial charge >= 0.3 is 0 Å². The molecule has 1 aliphatic heterocycles. The van der Waals surface area contributed by atoms with Crippen molar-refractivity contribution in [3.05, 3.63) is 23.8 Å². The van der Waals surface area contributed by atoms with Crippen molar-refractivity contribution in [2.24, 2.45) is 0 Å². The molecule has 2 N–H and O–H groups in total. The number of benzene rings is 1. The minimum Gasteiger partial charge on any atom is -0.496 e. The highest BCUT2D eigenvalue weighted by Gasteiger charge is 2.24. The van der Waals surface area contributed by atoms with Crippen LogP contribution in [0.25, 0.3) is 0 Å². The molecule has 0 spiro atoms. The van der Waals surface area contributed by atoms with Gasteiger partial charge in [0.2, 0.25) is 5.91 Å². The summed E-state index contributed by atoms with van der Waals surface area (Å²) in [6, 6.07) is 6.08. The van der Waals surface area contributed by atoms with Crippen LogP contribution < -0.4 is 15.0 Å². The summed E-state index contributed by atoms with van der Waals surface area (Å²) < 4.78 is 5.37. The van der Waals surface area contributed by atoms with E-state index in [0.717, 1.165) is 37.2 Å². The number of methoxy groups -OCH3 is 1. The first-order chi connectivity index (χ1) is 10.0. The monoisotopic (exact) mass is 292 g/mol. The third-order valence-electron chi connectivity index (χ3n) is 3.92. The van der Waals surface area contributed by atoms with Gasteiger partial charge < -0.3 is 20.1 Å². The molecule has 1 aromatic rings. The zero-order chi connectivity index (χ0) is 15.4. The van der Waals surface area contributed by atoms with Gasteiger partial charge in [0.05, 0.1) is 13.2 Å². The number of aliphatic hydroxyl groups excluding tert-OH is 1. The van der Waals surface area contributed by atoms with Crippen LogP contribution >= 0.6 is 0 Å². The summed E-state index contributed by atoms with van der Waals surface area (Å²) in [5, 5.41) is 13.0. The lowest BCUT2D eigenvalue weighted by atomic mass is 10.0. The van der Waals surface area contributed by atoms with Crippen LogP contribution in [0.3, 0.4) is 0 Å². The number of carbonyl (C=O) groups excluding carboxylic acids is 1. The molecule has 1 atom stereocenters. The van der Waals surface area contributed by atoms with Crippen LogP contribution in [0.2, 0.25) is 0 Å². The molecule has 5 nitrogen and oxygen atoms in total. The van der Waals surface area contributed by atoms with E-state index in [1.165, 1.54) is 0 Å². The van der Waals surface area contributed by atoms with E-state index in [1.807, 2.05) is 18.2 Å². The van der Waals surface area contributed by atoms with Crippen molar-refractivity contribution in [3.63, 3.8) is 0 Å². The summed E-state index contributed by atoms with van der Waals surface area (Å²) in [5.41, 5.74) is 1.85. The average molecular weight is 292 g/mol. The first-order valence-corrected chi connectivity index (χ1v) is 7.40. The fraction of sp³-hybridized carbons (Fsp3) is 0.562. The maximum Gasteiger partial charge on any atom is 0.217 e. The van der Waals surface area contributed by atoms with Crippen LogP contribution in [-0.2, 0) is 4.79 Å². The Bertz CT molecular complexity index is 494. The summed E-state index contributed by atoms with van der Waals surface area (Å²) in [5.74, 6) is 0.742. The number of aliphatic hydroxyl groups is 1. The lowest BCUT2D eigenvalue weighted by Gasteiger charge is -2.35. The van der Waals surface area contributed by atoms with E-state index in [-0.39, 0.29) is 11.9 Å². The van der Waals surface area contributed by atoms with Crippen LogP contribution in [0.1, 0.15) is 38.4 Å². The van der Waals surface area contributed by atoms with Crippen molar-refractivity contribution in [1.29, 1.82) is 0 Å². The van der Waals surface area contributed by atoms with Crippen molar-refractivity contribution in [1.82, 2.24) is 5.32 Å². The SMILES string of the molecule is COc1cccc(N2CCC(NC(C)=O)CC2)c1[C@H](C)O. The van der Waals surface area contributed by atoms with Gasteiger partial charge in [0.15, 0.2) is 0 Å². The lowest BCUT2D eigenvalue weighted by molar-refractivity contribution is -0.119. The molecule has 1 saturated heterocycles. The summed E-state index contributed by atoms with van der Waals surface area (Å²) in [6.45, 7) is 5.03. The predicted molar refractivity (Wildman–Crippen MR) is 82.7 cm³/mol. The molecule has 116 valence electrons. The minimum absolute atomic E-state index is 0.0273. The van der Waals surface area contributed by atoms with Gasteiger partial charge in [-0.2, -0.15) is 0 Å². The smallest absolute Gasteiger partial charge is 0.217 e. The van der Waals surface area contributed by atoms with Gasteiger partial charge in [-0.1, -0.05) is 6.07 Å². The second kappa shape index (κ2) is 6.80. The lowest BCUT2D eigenvalue weighted by Crippen LogP contribution is -2.44. The van der Waals surface area contributed by atoms with E-state index in [9.17, 15) is 9.90 Å². The number of rotatable bonds is 4. The summed E-state index contributed by atoms with van der Waals surface area (Å²) in [4.78, 5) is 13.4. The number of hydrogen-bond donors (Lipinski definition) is 2. The Morgan fingerprint density at radius 1 is 1.43 bits per heavy atom. The molecule has 0 radical (unpaired) electrons. The van der Waals surface area contributed by atoms with Crippen LogP contribution in [-0.4, -0.2) is 37.3 Å². The highest BCUT2D eigenvalue weighted by molar-refractivity contribution is 5.73. The van der Waals surface area contributed by atoms with Crippen molar-refractivity contribution < 1.29 is 14.6 Å². The Kier molecular flexibility index (Phi) is 5.07. The molecule has 0 bridgehead atoms. The highest BCUT2D eigenvalue weighted by atomic mass is 16.5. The standard InChI is InChI=1S/C16H24N2O3/c1-11(19)16-14(5-4-6-15(16)21-3)18-9-7-13(8-10-18)17-12(2)20/h4-6,11,13,19H,7-10H2,1-3H3,(H,17,20)/t11-/m0/s1. The highest BCUT2D eigenvalue weighted by Crippen LogP contribution is 2.35. The first-order valence-electron chi connectivity index (χ1n) is 7.40. The van der Waals surface area contributed by atoms with Crippen LogP contribution in [0.5, 0.6) is 5.75 Å². The van der Waals surface area contributed by atoms with Crippen molar-refractivity contribution in [3.8, 4) is 5.75 Å². The molecule has 21 heavy (non-hydrogen) atoms. The number of nitrogens with one attached hydrogen (secondary N) is 1. The minimum atomic E-state index is -0.579. The molecule has 1 aliphatic rings. The van der Waals surface area contributed by atoms with Gasteiger partial charge in [-0.3, -0.25) is 4.79 Å². The zero-order valence-corrected chi connectivity index (χ0v) is 12.9. The van der Waals surface area contributed by atoms with E-state index in [4.69, 9.17) is 4.74 Å². The first kappa shape index (κ1) is 15.6. The molecule has 5 heteroatoms. The van der Waals surface area contributed by atoms with Crippen molar-refractivity contribution >= 4 is 11.6 Å². The second-order valence-corrected chi connectivity index (χ2v) is 5.53. The van der Waals surface area contributed by atoms with Crippen LogP contribution in [0.4, 0.5) is 5.69 Å². The van der Waals surface area contributed by atoms with E-state index >= 15 is 0 Å². The fourth-order valence-electron chi connectivity index (χ4n) is 2.96. The second-order valence-electron chi connectivity index (χ2n) is 5.53. The number of ether oxygens (including phenoxy) is 1. The molecule has 1 heterocycles. The van der Waals surface area contributed by atoms with E-state index in [0.29, 0.717) is 5.75 Å². The Balaban J connectivity index is 2.15. The summed E-state index contributed by atoms with van der Waals surface area (Å²) in [7, 11) is 1.62. The van der Waals surface area contributed by atoms with Gasteiger partial charge in [0.1, 0.15) is 5.75 Å². The molecule has 1 fully saturated rings. The zero-order valence-electron chi connectivity index (χ0n) is 12.9. The van der Waals surface area contributed by atoms with Crippen LogP contribution in [0, 0.1) is 0 Å². The Morgan fingerprint density at radius 3 is 2.62 bits per heavy atom. The third kappa shape index (κ3) is 3.67. The maximum atomic E-state index is 11.1. The number of carbonyl (C=O) groups is 1. The van der Waals surface area contributed by atoms with Crippen molar-refractivity contribution in [2.45, 2.75) is 38.8 Å². The predicted octanol–water partition coefficient (Wildman–Crippen LogP) is 1.85. The average Bonchev–Trinajstić information content (AvgIpc) is 2.46. The normalized spacial score (nSPS) is 17.4. The largest absolute Gasteiger partial charge is 0.496 e. The van der Waals surface area contributed by atoms with E-state index in [1.54, 1.807) is 21.0 Å². The van der Waals surface area contributed by atoms with E-state index in [2.05, 4.69) is 10.2 Å². The molecular formula is C16H24N2O3. The van der Waals surface area contributed by atoms with Gasteiger partial charge in [0, 0.05) is 37.3 Å². The molecule has 1 aromatic carbocycles. The fourth-order valence-corrected chi connectivity index (χ4v) is 2.96. The number of piperidine rings is 1. The molecule has 0 saturated carbocycles. The summed E-state index contributed by atoms with van der Waals surface area (Å²) >= 11 is 0. The van der Waals surface area contributed by atoms with E-state index < -0.39 is 6.10 Å². The molecule has 1 amide bonds. The molecule has 0 aliphatic carbocycles. The van der Waals surface area contributed by atoms with Gasteiger partial charge in [0.25, 0.3) is 0 Å². The number of hydrogen-bond acceptors (Lipinski definition) is 4. The Hall–Kier alpha value is -1.75. The molecule has 2 rings (SSSR count). The summed E-state index contributed by atoms with van der Waals surface area (Å²) in [6.07, 6.45) is 1.25. The topological polar surface area (TPSA) is 61.8 Å². The number of nitrogens with zero attached hydrogens (tertiary/aromatic N) is 1. The maximum absolute atomic E-state index is 11.1. The number of anilines is 1. The van der Waals surface area contributed by atoms with Gasteiger partial charge in [-0.05, 0) is 31.9 Å². The number of amides is 1. The Morgan fingerprint density at radius 2 is 2.10 bits per heavy atom. The van der Waals surface area contributed by atoms with Crippen LogP contribution in [0.15, 0.2) is 18.2 Å². The van der Waals surface area contributed by atoms with Crippen molar-refractivity contribution in [2.75, 3.05) is 25.1 Å².